The van der Waals surface area contributed by atoms with Crippen LogP contribution in [0.3, 0.4) is 0 Å². The summed E-state index contributed by atoms with van der Waals surface area (Å²) >= 11 is 0. The number of sulfonamides is 1. The number of aryl methyl sites for hydroxylation is 1. The minimum atomic E-state index is -3.32. The second-order valence-electron chi connectivity index (χ2n) is 4.98. The van der Waals surface area contributed by atoms with Gasteiger partial charge < -0.3 is 15.4 Å². The van der Waals surface area contributed by atoms with E-state index in [1.54, 1.807) is 18.2 Å². The zero-order valence-corrected chi connectivity index (χ0v) is 14.1. The molecule has 0 aliphatic carbocycles. The van der Waals surface area contributed by atoms with E-state index in [2.05, 4.69) is 15.4 Å². The fraction of sp³-hybridized carbons (Fsp3) is 0.429. The van der Waals surface area contributed by atoms with Crippen LogP contribution >= 0.6 is 0 Å². The first-order chi connectivity index (χ1) is 10.7. The summed E-state index contributed by atoms with van der Waals surface area (Å²) in [5.74, 6) is -0.629. The molecule has 1 aromatic rings. The highest BCUT2D eigenvalue weighted by molar-refractivity contribution is 7.88. The van der Waals surface area contributed by atoms with Crippen LogP contribution in [-0.4, -0.2) is 46.7 Å². The molecule has 1 rings (SSSR count). The zero-order valence-electron chi connectivity index (χ0n) is 13.3. The van der Waals surface area contributed by atoms with E-state index in [4.69, 9.17) is 4.74 Å². The third-order valence-electron chi connectivity index (χ3n) is 2.79. The molecule has 0 aliphatic rings. The summed E-state index contributed by atoms with van der Waals surface area (Å²) in [6, 6.07) is 5.10. The van der Waals surface area contributed by atoms with E-state index in [0.717, 1.165) is 11.8 Å². The number of methoxy groups -OCH3 is 1. The van der Waals surface area contributed by atoms with Gasteiger partial charge in [0.1, 0.15) is 6.61 Å². The summed E-state index contributed by atoms with van der Waals surface area (Å²) in [7, 11) is -1.89. The number of carbonyl (C=O) groups is 2. The molecule has 23 heavy (non-hydrogen) atoms. The van der Waals surface area contributed by atoms with E-state index in [1.165, 1.54) is 7.11 Å². The largest absolute Gasteiger partial charge is 0.375 e. The Morgan fingerprint density at radius 2 is 1.87 bits per heavy atom. The predicted molar refractivity (Wildman–Crippen MR) is 87.8 cm³/mol. The Morgan fingerprint density at radius 1 is 1.17 bits per heavy atom. The lowest BCUT2D eigenvalue weighted by atomic mass is 10.1. The molecule has 0 radical (unpaired) electrons. The lowest BCUT2D eigenvalue weighted by molar-refractivity contribution is -0.119. The van der Waals surface area contributed by atoms with E-state index >= 15 is 0 Å². The van der Waals surface area contributed by atoms with E-state index in [1.807, 2.05) is 6.92 Å². The molecule has 3 N–H and O–H groups in total. The van der Waals surface area contributed by atoms with Crippen molar-refractivity contribution in [1.82, 2.24) is 4.72 Å². The third-order valence-corrected chi connectivity index (χ3v) is 3.52. The lowest BCUT2D eigenvalue weighted by Crippen LogP contribution is -2.26. The Bertz CT molecular complexity index is 673. The highest BCUT2D eigenvalue weighted by Gasteiger charge is 2.09. The van der Waals surface area contributed by atoms with Crippen molar-refractivity contribution in [1.29, 1.82) is 0 Å². The molecule has 8 nitrogen and oxygen atoms in total. The van der Waals surface area contributed by atoms with Crippen molar-refractivity contribution in [2.75, 3.05) is 37.2 Å². The van der Waals surface area contributed by atoms with Gasteiger partial charge in [-0.25, -0.2) is 13.1 Å². The predicted octanol–water partition coefficient (Wildman–Crippen LogP) is 0.458. The van der Waals surface area contributed by atoms with Gasteiger partial charge in [0.05, 0.1) is 6.26 Å². The first-order valence-corrected chi connectivity index (χ1v) is 8.74. The van der Waals surface area contributed by atoms with Gasteiger partial charge in [0, 0.05) is 31.5 Å². The molecule has 0 aromatic heterocycles. The molecule has 0 saturated carbocycles. The average molecular weight is 343 g/mol. The first-order valence-electron chi connectivity index (χ1n) is 6.85. The van der Waals surface area contributed by atoms with Gasteiger partial charge in [-0.3, -0.25) is 9.59 Å². The highest BCUT2D eigenvalue weighted by Crippen LogP contribution is 2.20. The standard InChI is InChI=1S/C14H21N3O5S/c1-10-4-5-11(16-14(19)9-22-2)8-12(10)17-13(18)6-7-15-23(3,20)21/h4-5,8,15H,6-7,9H2,1-3H3,(H,16,19)(H,17,18). The number of hydrogen-bond acceptors (Lipinski definition) is 5. The van der Waals surface area contributed by atoms with Gasteiger partial charge in [-0.05, 0) is 24.6 Å². The fourth-order valence-electron chi connectivity index (χ4n) is 1.73. The van der Waals surface area contributed by atoms with Crippen LogP contribution in [-0.2, 0) is 24.3 Å². The Kier molecular flexibility index (Phi) is 7.14. The molecule has 2 amide bonds. The Morgan fingerprint density at radius 3 is 2.48 bits per heavy atom. The second-order valence-corrected chi connectivity index (χ2v) is 6.81. The zero-order chi connectivity index (χ0) is 17.5. The van der Waals surface area contributed by atoms with E-state index in [0.29, 0.717) is 11.4 Å². The maximum Gasteiger partial charge on any atom is 0.250 e. The van der Waals surface area contributed by atoms with Crippen LogP contribution in [0.4, 0.5) is 11.4 Å². The van der Waals surface area contributed by atoms with Gasteiger partial charge in [-0.2, -0.15) is 0 Å². The molecule has 0 aliphatic heterocycles. The summed E-state index contributed by atoms with van der Waals surface area (Å²) in [6.07, 6.45) is 1.04. The molecule has 0 heterocycles. The van der Waals surface area contributed by atoms with Gasteiger partial charge in [-0.1, -0.05) is 6.07 Å². The Hall–Kier alpha value is -1.97. The molecular weight excluding hydrogens is 322 g/mol. The SMILES string of the molecule is COCC(=O)Nc1ccc(C)c(NC(=O)CCNS(C)(=O)=O)c1. The molecule has 0 saturated heterocycles. The third kappa shape index (κ3) is 7.73. The number of amides is 2. The van der Waals surface area contributed by atoms with Crippen molar-refractivity contribution in [2.45, 2.75) is 13.3 Å². The summed E-state index contributed by atoms with van der Waals surface area (Å²) in [6.45, 7) is 1.77. The Balaban J connectivity index is 2.64. The average Bonchev–Trinajstić information content (AvgIpc) is 2.41. The first kappa shape index (κ1) is 19.1. The van der Waals surface area contributed by atoms with E-state index in [-0.39, 0.29) is 31.4 Å². The maximum atomic E-state index is 11.8. The smallest absolute Gasteiger partial charge is 0.250 e. The van der Waals surface area contributed by atoms with Gasteiger partial charge in [0.15, 0.2) is 0 Å². The van der Waals surface area contributed by atoms with Crippen molar-refractivity contribution < 1.29 is 22.7 Å². The molecule has 9 heteroatoms. The maximum absolute atomic E-state index is 11.8. The number of ether oxygens (including phenoxy) is 1. The minimum absolute atomic E-state index is 0.00672. The molecule has 128 valence electrons. The van der Waals surface area contributed by atoms with Crippen LogP contribution in [0, 0.1) is 6.92 Å². The van der Waals surface area contributed by atoms with E-state index < -0.39 is 10.0 Å². The van der Waals surface area contributed by atoms with Crippen LogP contribution < -0.4 is 15.4 Å². The lowest BCUT2D eigenvalue weighted by Gasteiger charge is -2.11. The molecule has 0 fully saturated rings. The number of hydrogen-bond donors (Lipinski definition) is 3. The molecular formula is C14H21N3O5S. The van der Waals surface area contributed by atoms with Crippen LogP contribution in [0.2, 0.25) is 0 Å². The fourth-order valence-corrected chi connectivity index (χ4v) is 2.20. The van der Waals surface area contributed by atoms with Crippen molar-refractivity contribution in [3.63, 3.8) is 0 Å². The molecule has 0 atom stereocenters. The number of nitrogens with one attached hydrogen (secondary N) is 3. The topological polar surface area (TPSA) is 114 Å². The summed E-state index contributed by atoms with van der Waals surface area (Å²) in [5, 5.41) is 5.33. The normalized spacial score (nSPS) is 11.1. The molecule has 0 unspecified atom stereocenters. The minimum Gasteiger partial charge on any atom is -0.375 e. The van der Waals surface area contributed by atoms with Gasteiger partial charge in [0.2, 0.25) is 21.8 Å². The van der Waals surface area contributed by atoms with Gasteiger partial charge in [-0.15, -0.1) is 0 Å². The van der Waals surface area contributed by atoms with Crippen LogP contribution in [0.1, 0.15) is 12.0 Å². The van der Waals surface area contributed by atoms with Gasteiger partial charge >= 0.3 is 0 Å². The number of carbonyl (C=O) groups excluding carboxylic acids is 2. The highest BCUT2D eigenvalue weighted by atomic mass is 32.2. The number of benzene rings is 1. The van der Waals surface area contributed by atoms with E-state index in [9.17, 15) is 18.0 Å². The van der Waals surface area contributed by atoms with Crippen molar-refractivity contribution in [3.05, 3.63) is 23.8 Å². The molecule has 0 spiro atoms. The summed E-state index contributed by atoms with van der Waals surface area (Å²) in [4.78, 5) is 23.3. The summed E-state index contributed by atoms with van der Waals surface area (Å²) < 4.78 is 28.8. The number of anilines is 2. The summed E-state index contributed by atoms with van der Waals surface area (Å²) in [5.41, 5.74) is 1.89. The van der Waals surface area contributed by atoms with Crippen molar-refractivity contribution >= 4 is 33.2 Å². The second kappa shape index (κ2) is 8.61. The van der Waals surface area contributed by atoms with Crippen molar-refractivity contribution in [2.24, 2.45) is 0 Å². The monoisotopic (exact) mass is 343 g/mol. The van der Waals surface area contributed by atoms with Crippen LogP contribution in [0.5, 0.6) is 0 Å². The van der Waals surface area contributed by atoms with Crippen LogP contribution in [0.25, 0.3) is 0 Å². The van der Waals surface area contributed by atoms with Crippen LogP contribution in [0.15, 0.2) is 18.2 Å². The Labute approximate surface area is 135 Å². The molecule has 0 bridgehead atoms. The number of rotatable bonds is 8. The van der Waals surface area contributed by atoms with Crippen molar-refractivity contribution in [3.8, 4) is 0 Å². The molecule has 1 aromatic carbocycles. The van der Waals surface area contributed by atoms with Gasteiger partial charge in [0.25, 0.3) is 0 Å². The quantitative estimate of drug-likeness (QED) is 0.634.